The second-order valence-corrected chi connectivity index (χ2v) is 7.12. The average Bonchev–Trinajstić information content (AvgIpc) is 2.74. The number of alkyl halides is 3. The molecule has 0 fully saturated rings. The molecule has 0 saturated heterocycles. The number of benzene rings is 3. The maximum atomic E-state index is 12.9. The fourth-order valence-electron chi connectivity index (χ4n) is 3.48. The van der Waals surface area contributed by atoms with Crippen LogP contribution >= 0.6 is 0 Å². The lowest BCUT2D eigenvalue weighted by Gasteiger charge is -2.27. The highest BCUT2D eigenvalue weighted by atomic mass is 19.4. The second-order valence-electron chi connectivity index (χ2n) is 7.12. The monoisotopic (exact) mass is 426 g/mol. The number of carbonyl (C=O) groups is 2. The molecule has 0 aromatic heterocycles. The van der Waals surface area contributed by atoms with Crippen molar-refractivity contribution in [2.75, 3.05) is 0 Å². The Labute approximate surface area is 177 Å². The molecule has 3 aromatic rings. The summed E-state index contributed by atoms with van der Waals surface area (Å²) in [6.07, 6.45) is -4.82. The molecule has 160 valence electrons. The minimum absolute atomic E-state index is 0.187. The van der Waals surface area contributed by atoms with E-state index in [9.17, 15) is 22.8 Å². The normalized spacial score (nSPS) is 12.4. The average molecular weight is 426 g/mol. The number of nitrogens with one attached hydrogen (secondary N) is 1. The molecule has 4 nitrogen and oxygen atoms in total. The molecule has 0 aliphatic rings. The predicted molar refractivity (Wildman–Crippen MR) is 111 cm³/mol. The summed E-state index contributed by atoms with van der Waals surface area (Å²) < 4.78 is 38.8. The summed E-state index contributed by atoms with van der Waals surface area (Å²) in [5.41, 5.74) is 6.53. The number of halogens is 3. The minimum Gasteiger partial charge on any atom is -0.368 e. The molecule has 3 aromatic carbocycles. The van der Waals surface area contributed by atoms with Gasteiger partial charge in [0.15, 0.2) is 0 Å². The van der Waals surface area contributed by atoms with Gasteiger partial charge in [-0.15, -0.1) is 0 Å². The summed E-state index contributed by atoms with van der Waals surface area (Å²) in [6.45, 7) is 0. The maximum Gasteiger partial charge on any atom is 0.416 e. The third-order valence-corrected chi connectivity index (χ3v) is 4.89. The van der Waals surface area contributed by atoms with Crippen molar-refractivity contribution in [2.45, 2.75) is 24.6 Å². The van der Waals surface area contributed by atoms with Crippen LogP contribution in [0.5, 0.6) is 0 Å². The number of hydrogen-bond acceptors (Lipinski definition) is 2. The standard InChI is InChI=1S/C24H21F3N2O2/c25-24(26,27)19-13-7-8-16(14-19)15-20(30)29-22(23(28)31)21(17-9-3-1-4-10-17)18-11-5-2-6-12-18/h1-14,21-22H,15H2,(H2,28,31)(H,29,30)/t22-/m1/s1. The molecule has 3 N–H and O–H groups in total. The Hall–Kier alpha value is -3.61. The molecule has 31 heavy (non-hydrogen) atoms. The van der Waals surface area contributed by atoms with Crippen molar-refractivity contribution in [2.24, 2.45) is 5.73 Å². The van der Waals surface area contributed by atoms with Gasteiger partial charge in [-0.05, 0) is 22.8 Å². The molecule has 0 aliphatic carbocycles. The van der Waals surface area contributed by atoms with E-state index in [-0.39, 0.29) is 12.0 Å². The molecular formula is C24H21F3N2O2. The summed E-state index contributed by atoms with van der Waals surface area (Å²) in [6, 6.07) is 21.7. The molecular weight excluding hydrogens is 405 g/mol. The summed E-state index contributed by atoms with van der Waals surface area (Å²) in [5, 5.41) is 2.63. The molecule has 7 heteroatoms. The zero-order chi connectivity index (χ0) is 22.4. The molecule has 2 amide bonds. The van der Waals surface area contributed by atoms with E-state index in [1.807, 2.05) is 60.7 Å². The zero-order valence-electron chi connectivity index (χ0n) is 16.5. The number of primary amides is 1. The predicted octanol–water partition coefficient (Wildman–Crippen LogP) is 4.05. The van der Waals surface area contributed by atoms with Crippen LogP contribution < -0.4 is 11.1 Å². The van der Waals surface area contributed by atoms with Gasteiger partial charge in [0, 0.05) is 5.92 Å². The van der Waals surface area contributed by atoms with Crippen LogP contribution in [0.4, 0.5) is 13.2 Å². The SMILES string of the molecule is NC(=O)[C@H](NC(=O)Cc1cccc(C(F)(F)F)c1)C(c1ccccc1)c1ccccc1. The van der Waals surface area contributed by atoms with Gasteiger partial charge in [-0.3, -0.25) is 9.59 Å². The fourth-order valence-corrected chi connectivity index (χ4v) is 3.48. The van der Waals surface area contributed by atoms with Gasteiger partial charge < -0.3 is 11.1 Å². The van der Waals surface area contributed by atoms with Crippen molar-refractivity contribution in [3.05, 3.63) is 107 Å². The first-order valence-corrected chi connectivity index (χ1v) is 9.60. The summed E-state index contributed by atoms with van der Waals surface area (Å²) in [7, 11) is 0. The van der Waals surface area contributed by atoms with Gasteiger partial charge in [-0.1, -0.05) is 78.9 Å². The summed E-state index contributed by atoms with van der Waals surface area (Å²) >= 11 is 0. The molecule has 0 saturated carbocycles. The van der Waals surface area contributed by atoms with E-state index < -0.39 is 35.5 Å². The van der Waals surface area contributed by atoms with Crippen LogP contribution in [0.1, 0.15) is 28.2 Å². The Morgan fingerprint density at radius 1 is 0.839 bits per heavy atom. The van der Waals surface area contributed by atoms with Gasteiger partial charge in [-0.25, -0.2) is 0 Å². The smallest absolute Gasteiger partial charge is 0.368 e. The Balaban J connectivity index is 1.87. The Bertz CT molecular complexity index is 998. The van der Waals surface area contributed by atoms with Crippen LogP contribution in [0.25, 0.3) is 0 Å². The number of rotatable bonds is 7. The van der Waals surface area contributed by atoms with Gasteiger partial charge in [-0.2, -0.15) is 13.2 Å². The van der Waals surface area contributed by atoms with Crippen molar-refractivity contribution >= 4 is 11.8 Å². The van der Waals surface area contributed by atoms with E-state index in [2.05, 4.69) is 5.32 Å². The molecule has 0 radical (unpaired) electrons. The van der Waals surface area contributed by atoms with E-state index in [1.54, 1.807) is 0 Å². The topological polar surface area (TPSA) is 72.2 Å². The Kier molecular flexibility index (Phi) is 6.74. The lowest BCUT2D eigenvalue weighted by Crippen LogP contribution is -2.49. The van der Waals surface area contributed by atoms with Crippen LogP contribution in [0.2, 0.25) is 0 Å². The van der Waals surface area contributed by atoms with Crippen LogP contribution in [-0.4, -0.2) is 17.9 Å². The third kappa shape index (κ3) is 5.72. The van der Waals surface area contributed by atoms with Crippen molar-refractivity contribution in [3.8, 4) is 0 Å². The highest BCUT2D eigenvalue weighted by Gasteiger charge is 2.32. The molecule has 0 spiro atoms. The number of carbonyl (C=O) groups excluding carboxylic acids is 2. The summed E-state index contributed by atoms with van der Waals surface area (Å²) in [4.78, 5) is 25.0. The van der Waals surface area contributed by atoms with Gasteiger partial charge in [0.2, 0.25) is 11.8 Å². The van der Waals surface area contributed by atoms with Crippen molar-refractivity contribution in [3.63, 3.8) is 0 Å². The zero-order valence-corrected chi connectivity index (χ0v) is 16.5. The fraction of sp³-hybridized carbons (Fsp3) is 0.167. The Morgan fingerprint density at radius 3 is 1.87 bits per heavy atom. The second kappa shape index (κ2) is 9.47. The lowest BCUT2D eigenvalue weighted by molar-refractivity contribution is -0.137. The van der Waals surface area contributed by atoms with Crippen molar-refractivity contribution in [1.29, 1.82) is 0 Å². The Morgan fingerprint density at radius 2 is 1.39 bits per heavy atom. The minimum atomic E-state index is -4.51. The van der Waals surface area contributed by atoms with Gasteiger partial charge in [0.25, 0.3) is 0 Å². The molecule has 0 heterocycles. The lowest BCUT2D eigenvalue weighted by atomic mass is 9.84. The quantitative estimate of drug-likeness (QED) is 0.598. The van der Waals surface area contributed by atoms with Gasteiger partial charge in [0.1, 0.15) is 6.04 Å². The first-order chi connectivity index (χ1) is 14.8. The van der Waals surface area contributed by atoms with E-state index in [0.717, 1.165) is 23.3 Å². The summed E-state index contributed by atoms with van der Waals surface area (Å²) in [5.74, 6) is -1.89. The highest BCUT2D eigenvalue weighted by Crippen LogP contribution is 2.30. The first-order valence-electron chi connectivity index (χ1n) is 9.60. The molecule has 0 unspecified atom stereocenters. The first kappa shape index (κ1) is 22.1. The van der Waals surface area contributed by atoms with Gasteiger partial charge >= 0.3 is 6.18 Å². The van der Waals surface area contributed by atoms with Crippen molar-refractivity contribution < 1.29 is 22.8 Å². The highest BCUT2D eigenvalue weighted by molar-refractivity contribution is 5.88. The number of nitrogens with two attached hydrogens (primary N) is 1. The number of hydrogen-bond donors (Lipinski definition) is 2. The maximum absolute atomic E-state index is 12.9. The van der Waals surface area contributed by atoms with Crippen LogP contribution in [0, 0.1) is 0 Å². The molecule has 0 aliphatic heterocycles. The van der Waals surface area contributed by atoms with Crippen LogP contribution in [-0.2, 0) is 22.2 Å². The number of amides is 2. The van der Waals surface area contributed by atoms with E-state index >= 15 is 0 Å². The third-order valence-electron chi connectivity index (χ3n) is 4.89. The van der Waals surface area contributed by atoms with Crippen LogP contribution in [0.3, 0.4) is 0 Å². The molecule has 1 atom stereocenters. The van der Waals surface area contributed by atoms with E-state index in [1.165, 1.54) is 12.1 Å². The van der Waals surface area contributed by atoms with E-state index in [4.69, 9.17) is 5.73 Å². The molecule has 0 bridgehead atoms. The van der Waals surface area contributed by atoms with Crippen molar-refractivity contribution in [1.82, 2.24) is 5.32 Å². The van der Waals surface area contributed by atoms with Crippen LogP contribution in [0.15, 0.2) is 84.9 Å². The van der Waals surface area contributed by atoms with E-state index in [0.29, 0.717) is 0 Å². The van der Waals surface area contributed by atoms with Gasteiger partial charge in [0.05, 0.1) is 12.0 Å². The largest absolute Gasteiger partial charge is 0.416 e. The molecule has 3 rings (SSSR count).